The summed E-state index contributed by atoms with van der Waals surface area (Å²) in [4.78, 5) is 10.3. The second-order valence-corrected chi connectivity index (χ2v) is 4.02. The molecule has 0 fully saturated rings. The number of hydrogen-bond acceptors (Lipinski definition) is 2. The van der Waals surface area contributed by atoms with Crippen molar-refractivity contribution in [3.05, 3.63) is 24.8 Å². The maximum absolute atomic E-state index is 10.3. The van der Waals surface area contributed by atoms with Crippen LogP contribution in [0.25, 0.3) is 0 Å². The maximum Gasteiger partial charge on any atom is 0.105 e. The zero-order valence-corrected chi connectivity index (χ0v) is 11.0. The number of phenolic OH excluding ortho intramolecular Hbond substituents is 1. The smallest absolute Gasteiger partial charge is 0.105 e. The third kappa shape index (κ3) is 2.57. The molecule has 0 atom stereocenters. The Morgan fingerprint density at radius 3 is 2.33 bits per heavy atom. The standard InChI is InChI=1S/C7H3I2O2.Co/c8-6-4(3-10)1-2-5(11)7(6)9;/h1-2,11H;/q-1;. The first-order chi connectivity index (χ1) is 5.16. The Morgan fingerprint density at radius 2 is 1.83 bits per heavy atom. The summed E-state index contributed by atoms with van der Waals surface area (Å²) in [5.74, 6) is 0.203. The van der Waals surface area contributed by atoms with Gasteiger partial charge >= 0.3 is 0 Å². The van der Waals surface area contributed by atoms with E-state index in [1.807, 2.05) is 45.2 Å². The molecule has 2 nitrogen and oxygen atoms in total. The zero-order chi connectivity index (χ0) is 8.43. The number of halogens is 2. The van der Waals surface area contributed by atoms with Crippen LogP contribution in [-0.4, -0.2) is 11.4 Å². The van der Waals surface area contributed by atoms with Crippen molar-refractivity contribution in [1.82, 2.24) is 0 Å². The summed E-state index contributed by atoms with van der Waals surface area (Å²) in [5.41, 5.74) is 0.493. The molecular formula is C7H3CoI2O2-. The maximum atomic E-state index is 10.3. The van der Waals surface area contributed by atoms with Gasteiger partial charge in [-0.05, 0) is 0 Å². The van der Waals surface area contributed by atoms with Crippen molar-refractivity contribution < 1.29 is 26.7 Å². The van der Waals surface area contributed by atoms with Crippen LogP contribution in [0, 0.1) is 7.14 Å². The predicted molar refractivity (Wildman–Crippen MR) is 58.3 cm³/mol. The fourth-order valence-electron chi connectivity index (χ4n) is 0.618. The average Bonchev–Trinajstić information content (AvgIpc) is 2.01. The molecule has 0 amide bonds. The summed E-state index contributed by atoms with van der Waals surface area (Å²) in [5, 5.41) is 9.18. The number of phenols is 1. The van der Waals surface area contributed by atoms with Gasteiger partial charge in [-0.15, -0.1) is 28.2 Å². The minimum atomic E-state index is 0. The van der Waals surface area contributed by atoms with E-state index >= 15 is 0 Å². The third-order valence-corrected chi connectivity index (χ3v) is 4.42. The predicted octanol–water partition coefficient (Wildman–Crippen LogP) is 2.06. The van der Waals surface area contributed by atoms with Crippen LogP contribution in [-0.2, 0) is 21.6 Å². The monoisotopic (exact) mass is 432 g/mol. The second-order valence-electron chi connectivity index (χ2n) is 1.86. The van der Waals surface area contributed by atoms with Crippen molar-refractivity contribution >= 4 is 51.5 Å². The molecule has 1 N–H and O–H groups in total. The first-order valence-electron chi connectivity index (χ1n) is 2.72. The number of rotatable bonds is 1. The van der Waals surface area contributed by atoms with Crippen LogP contribution in [0.5, 0.6) is 5.75 Å². The van der Waals surface area contributed by atoms with Crippen molar-refractivity contribution in [2.45, 2.75) is 0 Å². The molecule has 0 heterocycles. The molecule has 1 rings (SSSR count). The molecule has 1 aromatic rings. The number of hydrogen-bond donors (Lipinski definition) is 1. The Labute approximate surface area is 108 Å². The van der Waals surface area contributed by atoms with Crippen molar-refractivity contribution in [3.63, 3.8) is 0 Å². The summed E-state index contributed by atoms with van der Waals surface area (Å²) in [6, 6.07) is 3.04. The summed E-state index contributed by atoms with van der Waals surface area (Å²) in [6.45, 7) is 0. The summed E-state index contributed by atoms with van der Waals surface area (Å²) in [7, 11) is 0. The molecule has 0 aliphatic heterocycles. The molecule has 12 heavy (non-hydrogen) atoms. The van der Waals surface area contributed by atoms with Gasteiger partial charge in [0.1, 0.15) is 5.75 Å². The van der Waals surface area contributed by atoms with E-state index in [1.165, 1.54) is 6.07 Å². The molecular weight excluding hydrogens is 429 g/mol. The molecule has 0 aromatic heterocycles. The van der Waals surface area contributed by atoms with Crippen LogP contribution in [0.4, 0.5) is 0 Å². The molecule has 0 saturated heterocycles. The minimum Gasteiger partial charge on any atom is -0.509 e. The zero-order valence-electron chi connectivity index (χ0n) is 5.60. The van der Waals surface area contributed by atoms with Gasteiger partial charge in [0.25, 0.3) is 0 Å². The van der Waals surface area contributed by atoms with Gasteiger partial charge in [0.05, 0.1) is 6.29 Å². The van der Waals surface area contributed by atoms with Gasteiger partial charge in [0, 0.05) is 20.3 Å². The summed E-state index contributed by atoms with van der Waals surface area (Å²) < 4.78 is 1.45. The van der Waals surface area contributed by atoms with Crippen LogP contribution in [0.2, 0.25) is 0 Å². The topological polar surface area (TPSA) is 37.3 Å². The van der Waals surface area contributed by atoms with E-state index in [0.29, 0.717) is 9.13 Å². The van der Waals surface area contributed by atoms with Crippen LogP contribution in [0.3, 0.4) is 0 Å². The summed E-state index contributed by atoms with van der Waals surface area (Å²) in [6.07, 6.45) is 1.79. The number of benzene rings is 1. The van der Waals surface area contributed by atoms with Crippen LogP contribution < -0.4 is 0 Å². The van der Waals surface area contributed by atoms with Crippen molar-refractivity contribution in [1.29, 1.82) is 0 Å². The van der Waals surface area contributed by atoms with Crippen molar-refractivity contribution in [3.8, 4) is 5.75 Å². The Morgan fingerprint density at radius 1 is 1.25 bits per heavy atom. The minimum absolute atomic E-state index is 0. The van der Waals surface area contributed by atoms with E-state index < -0.39 is 0 Å². The molecule has 1 radical (unpaired) electrons. The van der Waals surface area contributed by atoms with Crippen molar-refractivity contribution in [2.75, 3.05) is 0 Å². The van der Waals surface area contributed by atoms with Crippen LogP contribution in [0.15, 0.2) is 12.1 Å². The normalized spacial score (nSPS) is 8.83. The van der Waals surface area contributed by atoms with Gasteiger partial charge in [-0.2, -0.15) is 6.07 Å². The molecule has 0 bridgehead atoms. The van der Waals surface area contributed by atoms with Gasteiger partial charge in [-0.25, -0.2) is 0 Å². The Hall–Kier alpha value is 0.656. The van der Waals surface area contributed by atoms with E-state index in [9.17, 15) is 9.90 Å². The van der Waals surface area contributed by atoms with Crippen molar-refractivity contribution in [2.24, 2.45) is 0 Å². The van der Waals surface area contributed by atoms with Gasteiger partial charge in [-0.1, -0.05) is 32.2 Å². The van der Waals surface area contributed by atoms with E-state index in [1.54, 1.807) is 12.4 Å². The van der Waals surface area contributed by atoms with Crippen LogP contribution >= 0.6 is 45.2 Å². The van der Waals surface area contributed by atoms with E-state index in [-0.39, 0.29) is 22.5 Å². The fourth-order valence-corrected chi connectivity index (χ4v) is 1.65. The van der Waals surface area contributed by atoms with Gasteiger partial charge < -0.3 is 9.90 Å². The van der Waals surface area contributed by atoms with Gasteiger partial charge in [0.2, 0.25) is 0 Å². The first-order valence-corrected chi connectivity index (χ1v) is 4.87. The van der Waals surface area contributed by atoms with E-state index in [2.05, 4.69) is 0 Å². The first kappa shape index (κ1) is 12.7. The summed E-state index contributed by atoms with van der Waals surface area (Å²) >= 11 is 3.98. The Balaban J connectivity index is 0.00000121. The molecule has 0 saturated carbocycles. The molecule has 67 valence electrons. The molecule has 0 spiro atoms. The number of carbonyl (C=O) groups excluding carboxylic acids is 1. The SMILES string of the molecule is O=[C-]c1ccc(O)c(I)c1I.[Co]. The molecule has 0 aliphatic rings. The average molecular weight is 432 g/mol. The van der Waals surface area contributed by atoms with Gasteiger partial charge in [-0.3, -0.25) is 0 Å². The Bertz CT molecular complexity index is 302. The quantitative estimate of drug-likeness (QED) is 0.546. The van der Waals surface area contributed by atoms with Crippen LogP contribution in [0.1, 0.15) is 5.56 Å². The molecule has 0 aliphatic carbocycles. The molecule has 5 heteroatoms. The fraction of sp³-hybridized carbons (Fsp3) is 0. The number of aromatic hydroxyl groups is 1. The second kappa shape index (κ2) is 5.40. The van der Waals surface area contributed by atoms with Gasteiger partial charge in [0.15, 0.2) is 0 Å². The largest absolute Gasteiger partial charge is 0.509 e. The Kier molecular flexibility index (Phi) is 5.70. The van der Waals surface area contributed by atoms with E-state index in [0.717, 1.165) is 3.57 Å². The molecule has 1 aromatic carbocycles. The molecule has 0 unspecified atom stereocenters. The van der Waals surface area contributed by atoms with E-state index in [4.69, 9.17) is 0 Å². The third-order valence-electron chi connectivity index (χ3n) is 1.17.